The highest BCUT2D eigenvalue weighted by Crippen LogP contribution is 2.39. The van der Waals surface area contributed by atoms with Crippen LogP contribution in [0.25, 0.3) is 0 Å². The summed E-state index contributed by atoms with van der Waals surface area (Å²) in [6.45, 7) is 8.19. The molecule has 2 aromatic carbocycles. The highest BCUT2D eigenvalue weighted by molar-refractivity contribution is 5.92. The largest absolute Gasteiger partial charge is 0.490 e. The van der Waals surface area contributed by atoms with Crippen LogP contribution in [0.15, 0.2) is 42.5 Å². The van der Waals surface area contributed by atoms with Gasteiger partial charge in [0.05, 0.1) is 31.4 Å². The van der Waals surface area contributed by atoms with Crippen molar-refractivity contribution in [3.8, 4) is 17.2 Å². The summed E-state index contributed by atoms with van der Waals surface area (Å²) in [6.07, 6.45) is 0. The van der Waals surface area contributed by atoms with Crippen LogP contribution in [0.5, 0.6) is 17.2 Å². The first-order valence-corrected chi connectivity index (χ1v) is 10.1. The van der Waals surface area contributed by atoms with Crippen molar-refractivity contribution in [3.05, 3.63) is 53.6 Å². The summed E-state index contributed by atoms with van der Waals surface area (Å²) in [5.41, 5.74) is 1.18. The maximum Gasteiger partial charge on any atom is 0.338 e. The van der Waals surface area contributed by atoms with Gasteiger partial charge in [0, 0.05) is 0 Å². The van der Waals surface area contributed by atoms with Crippen LogP contribution in [0, 0.1) is 0 Å². The van der Waals surface area contributed by atoms with E-state index in [1.807, 2.05) is 58.0 Å². The molecule has 162 valence electrons. The first-order valence-electron chi connectivity index (χ1n) is 10.1. The minimum Gasteiger partial charge on any atom is -0.490 e. The van der Waals surface area contributed by atoms with Crippen molar-refractivity contribution in [2.75, 3.05) is 26.4 Å². The highest BCUT2D eigenvalue weighted by Gasteiger charge is 2.20. The summed E-state index contributed by atoms with van der Waals surface area (Å²) < 4.78 is 22.0. The molecule has 2 rings (SSSR count). The van der Waals surface area contributed by atoms with E-state index in [-0.39, 0.29) is 17.5 Å². The Kier molecular flexibility index (Phi) is 9.00. The summed E-state index contributed by atoms with van der Waals surface area (Å²) in [5.74, 6) is 0.175. The molecule has 30 heavy (non-hydrogen) atoms. The van der Waals surface area contributed by atoms with Crippen molar-refractivity contribution in [3.63, 3.8) is 0 Å². The van der Waals surface area contributed by atoms with Crippen LogP contribution < -0.4 is 19.5 Å². The zero-order valence-electron chi connectivity index (χ0n) is 17.9. The van der Waals surface area contributed by atoms with Crippen LogP contribution in [0.3, 0.4) is 0 Å². The lowest BCUT2D eigenvalue weighted by Crippen LogP contribution is -2.31. The van der Waals surface area contributed by atoms with E-state index in [1.54, 1.807) is 0 Å². The van der Waals surface area contributed by atoms with Crippen molar-refractivity contribution in [1.82, 2.24) is 5.32 Å². The van der Waals surface area contributed by atoms with E-state index in [0.29, 0.717) is 37.1 Å². The monoisotopic (exact) mass is 415 g/mol. The lowest BCUT2D eigenvalue weighted by Gasteiger charge is -2.17. The molecular formula is C23H29NO6. The van der Waals surface area contributed by atoms with Crippen molar-refractivity contribution in [1.29, 1.82) is 0 Å². The number of hydrogen-bond donors (Lipinski definition) is 1. The summed E-state index contributed by atoms with van der Waals surface area (Å²) in [7, 11) is 0. The number of benzene rings is 2. The number of hydrogen-bond acceptors (Lipinski definition) is 6. The van der Waals surface area contributed by atoms with Gasteiger partial charge in [-0.05, 0) is 45.4 Å². The van der Waals surface area contributed by atoms with Crippen LogP contribution in [-0.4, -0.2) is 38.3 Å². The number of rotatable bonds is 11. The van der Waals surface area contributed by atoms with Crippen LogP contribution in [-0.2, 0) is 9.53 Å². The summed E-state index contributed by atoms with van der Waals surface area (Å²) in [5, 5.41) is 2.81. The van der Waals surface area contributed by atoms with Crippen molar-refractivity contribution in [2.45, 2.75) is 33.7 Å². The first kappa shape index (κ1) is 23.1. The van der Waals surface area contributed by atoms with Gasteiger partial charge in [0.15, 0.2) is 18.1 Å². The minimum absolute atomic E-state index is 0.197. The van der Waals surface area contributed by atoms with E-state index in [1.165, 1.54) is 12.1 Å². The molecule has 0 aromatic heterocycles. The first-order chi connectivity index (χ1) is 14.5. The van der Waals surface area contributed by atoms with Crippen molar-refractivity contribution < 1.29 is 28.5 Å². The van der Waals surface area contributed by atoms with Gasteiger partial charge in [0.25, 0.3) is 5.91 Å². The molecule has 1 N–H and O–H groups in total. The van der Waals surface area contributed by atoms with Gasteiger partial charge in [-0.15, -0.1) is 0 Å². The molecule has 0 heterocycles. The molecule has 0 bridgehead atoms. The third-order valence-corrected chi connectivity index (χ3v) is 4.16. The second-order valence-electron chi connectivity index (χ2n) is 6.38. The van der Waals surface area contributed by atoms with Gasteiger partial charge in [-0.1, -0.05) is 30.3 Å². The SMILES string of the molecule is CCOc1cc(C(=O)OCC(=O)N[C@H](C)c2ccccc2)cc(OCC)c1OCC. The second-order valence-corrected chi connectivity index (χ2v) is 6.38. The standard InChI is InChI=1S/C23H29NO6/c1-5-27-19-13-18(14-20(28-6-2)22(19)29-7-3)23(26)30-15-21(25)24-16(4)17-11-9-8-10-12-17/h8-14,16H,5-7,15H2,1-4H3,(H,24,25)/t16-/m1/s1. The highest BCUT2D eigenvalue weighted by atomic mass is 16.5. The molecule has 0 aliphatic heterocycles. The van der Waals surface area contributed by atoms with Crippen LogP contribution in [0.2, 0.25) is 0 Å². The molecule has 0 aliphatic carbocycles. The predicted molar refractivity (Wildman–Crippen MR) is 113 cm³/mol. The Balaban J connectivity index is 2.07. The Hall–Kier alpha value is -3.22. The fourth-order valence-corrected chi connectivity index (χ4v) is 2.83. The fourth-order valence-electron chi connectivity index (χ4n) is 2.83. The number of carbonyl (C=O) groups excluding carboxylic acids is 2. The van der Waals surface area contributed by atoms with Gasteiger partial charge in [-0.2, -0.15) is 0 Å². The molecule has 0 unspecified atom stereocenters. The van der Waals surface area contributed by atoms with Crippen LogP contribution in [0.1, 0.15) is 49.7 Å². The van der Waals surface area contributed by atoms with Gasteiger partial charge in [0.1, 0.15) is 0 Å². The van der Waals surface area contributed by atoms with Gasteiger partial charge >= 0.3 is 5.97 Å². The van der Waals surface area contributed by atoms with Crippen LogP contribution in [0.4, 0.5) is 0 Å². The van der Waals surface area contributed by atoms with Crippen LogP contribution >= 0.6 is 0 Å². The molecule has 1 amide bonds. The molecule has 2 aromatic rings. The van der Waals surface area contributed by atoms with E-state index in [9.17, 15) is 9.59 Å². The quantitative estimate of drug-likeness (QED) is 0.560. The fraction of sp³-hybridized carbons (Fsp3) is 0.391. The molecule has 0 radical (unpaired) electrons. The molecule has 7 nitrogen and oxygen atoms in total. The van der Waals surface area contributed by atoms with E-state index in [4.69, 9.17) is 18.9 Å². The third kappa shape index (κ3) is 6.40. The summed E-state index contributed by atoms with van der Waals surface area (Å²) >= 11 is 0. The molecule has 0 saturated carbocycles. The zero-order chi connectivity index (χ0) is 21.9. The Labute approximate surface area is 177 Å². The maximum atomic E-state index is 12.5. The Bertz CT molecular complexity index is 810. The Morgan fingerprint density at radius 3 is 2.00 bits per heavy atom. The lowest BCUT2D eigenvalue weighted by atomic mass is 10.1. The molecule has 0 fully saturated rings. The van der Waals surface area contributed by atoms with E-state index in [0.717, 1.165) is 5.56 Å². The molecule has 0 saturated heterocycles. The van der Waals surface area contributed by atoms with E-state index < -0.39 is 12.6 Å². The smallest absolute Gasteiger partial charge is 0.338 e. The number of carbonyl (C=O) groups is 2. The lowest BCUT2D eigenvalue weighted by molar-refractivity contribution is -0.124. The Morgan fingerprint density at radius 1 is 0.900 bits per heavy atom. The number of nitrogens with one attached hydrogen (secondary N) is 1. The average molecular weight is 415 g/mol. The minimum atomic E-state index is -0.650. The normalized spacial score (nSPS) is 11.3. The van der Waals surface area contributed by atoms with Gasteiger partial charge in [-0.3, -0.25) is 4.79 Å². The zero-order valence-corrected chi connectivity index (χ0v) is 17.9. The van der Waals surface area contributed by atoms with Gasteiger partial charge in [0.2, 0.25) is 5.75 Å². The summed E-state index contributed by atoms with van der Waals surface area (Å²) in [6, 6.07) is 12.4. The van der Waals surface area contributed by atoms with Crippen molar-refractivity contribution >= 4 is 11.9 Å². The number of ether oxygens (including phenoxy) is 4. The second kappa shape index (κ2) is 11.7. The number of esters is 1. The molecular weight excluding hydrogens is 386 g/mol. The topological polar surface area (TPSA) is 83.1 Å². The third-order valence-electron chi connectivity index (χ3n) is 4.16. The van der Waals surface area contributed by atoms with Gasteiger partial charge in [-0.25, -0.2) is 4.79 Å². The Morgan fingerprint density at radius 2 is 1.47 bits per heavy atom. The van der Waals surface area contributed by atoms with E-state index in [2.05, 4.69) is 5.32 Å². The van der Waals surface area contributed by atoms with Crippen molar-refractivity contribution in [2.24, 2.45) is 0 Å². The molecule has 0 aliphatic rings. The predicted octanol–water partition coefficient (Wildman–Crippen LogP) is 3.92. The molecule has 1 atom stereocenters. The molecule has 0 spiro atoms. The number of amides is 1. The maximum absolute atomic E-state index is 12.5. The molecule has 7 heteroatoms. The van der Waals surface area contributed by atoms with E-state index >= 15 is 0 Å². The average Bonchev–Trinajstić information content (AvgIpc) is 2.75. The summed E-state index contributed by atoms with van der Waals surface area (Å²) in [4.78, 5) is 24.7. The van der Waals surface area contributed by atoms with Gasteiger partial charge < -0.3 is 24.3 Å².